The van der Waals surface area contributed by atoms with Crippen LogP contribution in [0.2, 0.25) is 0 Å². The highest BCUT2D eigenvalue weighted by Gasteiger charge is 2.15. The minimum atomic E-state index is 0.382. The summed E-state index contributed by atoms with van der Waals surface area (Å²) in [7, 11) is 3.17. The van der Waals surface area contributed by atoms with Gasteiger partial charge in [-0.2, -0.15) is 5.26 Å². The van der Waals surface area contributed by atoms with Crippen molar-refractivity contribution in [2.24, 2.45) is 0 Å². The molecule has 0 saturated carbocycles. The minimum Gasteiger partial charge on any atom is -0.497 e. The molecule has 1 aromatic heterocycles. The van der Waals surface area contributed by atoms with Gasteiger partial charge in [0.05, 0.1) is 31.4 Å². The summed E-state index contributed by atoms with van der Waals surface area (Å²) in [6.45, 7) is 0. The van der Waals surface area contributed by atoms with Gasteiger partial charge in [-0.15, -0.1) is 10.2 Å². The maximum atomic E-state index is 8.94. The summed E-state index contributed by atoms with van der Waals surface area (Å²) in [5.74, 6) is 2.30. The molecule has 0 atom stereocenters. The van der Waals surface area contributed by atoms with Crippen LogP contribution in [0.25, 0.3) is 11.5 Å². The number of nitrogens with zero attached hydrogens (tertiary/aromatic N) is 3. The van der Waals surface area contributed by atoms with Gasteiger partial charge in [-0.05, 0) is 29.8 Å². The molecule has 6 nitrogen and oxygen atoms in total. The molecule has 0 N–H and O–H groups in total. The van der Waals surface area contributed by atoms with Gasteiger partial charge in [0.1, 0.15) is 11.5 Å². The van der Waals surface area contributed by atoms with E-state index < -0.39 is 0 Å². The molecule has 7 heteroatoms. The summed E-state index contributed by atoms with van der Waals surface area (Å²) in [4.78, 5) is 0. The lowest BCUT2D eigenvalue weighted by atomic mass is 10.2. The van der Waals surface area contributed by atoms with Gasteiger partial charge in [0.25, 0.3) is 11.1 Å². The van der Waals surface area contributed by atoms with Gasteiger partial charge in [-0.1, -0.05) is 23.9 Å². The summed E-state index contributed by atoms with van der Waals surface area (Å²) in [5.41, 5.74) is 2.35. The van der Waals surface area contributed by atoms with Crippen molar-refractivity contribution in [2.75, 3.05) is 14.2 Å². The zero-order valence-corrected chi connectivity index (χ0v) is 14.5. The van der Waals surface area contributed by atoms with Gasteiger partial charge < -0.3 is 13.9 Å². The van der Waals surface area contributed by atoms with Crippen molar-refractivity contribution >= 4 is 11.8 Å². The third kappa shape index (κ3) is 3.92. The van der Waals surface area contributed by atoms with Crippen LogP contribution < -0.4 is 9.47 Å². The van der Waals surface area contributed by atoms with E-state index in [2.05, 4.69) is 16.3 Å². The minimum absolute atomic E-state index is 0.382. The molecule has 0 aliphatic heterocycles. The molecule has 0 aliphatic carbocycles. The Morgan fingerprint density at radius 2 is 2.00 bits per heavy atom. The molecule has 3 aromatic rings. The second-order valence-corrected chi connectivity index (χ2v) is 5.97. The van der Waals surface area contributed by atoms with Crippen molar-refractivity contribution in [1.29, 1.82) is 5.26 Å². The SMILES string of the molecule is COc1ccc(-c2nnc(SCc3cccc(C#N)c3)o2)c(OC)c1. The van der Waals surface area contributed by atoms with E-state index in [1.807, 2.05) is 30.3 Å². The molecule has 2 aromatic carbocycles. The fraction of sp³-hybridized carbons (Fsp3) is 0.167. The Balaban J connectivity index is 1.75. The molecule has 0 unspecified atom stereocenters. The van der Waals surface area contributed by atoms with E-state index in [0.29, 0.717) is 39.5 Å². The molecule has 0 radical (unpaired) electrons. The number of hydrogen-bond donors (Lipinski definition) is 0. The topological polar surface area (TPSA) is 81.2 Å². The van der Waals surface area contributed by atoms with Crippen LogP contribution in [-0.4, -0.2) is 24.4 Å². The number of benzene rings is 2. The van der Waals surface area contributed by atoms with Gasteiger partial charge >= 0.3 is 0 Å². The first kappa shape index (κ1) is 16.9. The highest BCUT2D eigenvalue weighted by molar-refractivity contribution is 7.98. The molecular weight excluding hydrogens is 338 g/mol. The number of hydrogen-bond acceptors (Lipinski definition) is 7. The number of rotatable bonds is 6. The summed E-state index contributed by atoms with van der Waals surface area (Å²) < 4.78 is 16.3. The number of thioether (sulfide) groups is 1. The second-order valence-electron chi connectivity index (χ2n) is 5.04. The van der Waals surface area contributed by atoms with Gasteiger partial charge in [-0.3, -0.25) is 0 Å². The fourth-order valence-electron chi connectivity index (χ4n) is 2.23. The third-order valence-electron chi connectivity index (χ3n) is 3.46. The van der Waals surface area contributed by atoms with Gasteiger partial charge in [0.15, 0.2) is 0 Å². The van der Waals surface area contributed by atoms with Crippen LogP contribution in [-0.2, 0) is 5.75 Å². The van der Waals surface area contributed by atoms with E-state index >= 15 is 0 Å². The highest BCUT2D eigenvalue weighted by atomic mass is 32.2. The molecule has 1 heterocycles. The first-order valence-electron chi connectivity index (χ1n) is 7.41. The number of nitriles is 1. The molecule has 3 rings (SSSR count). The zero-order chi connectivity index (χ0) is 17.6. The van der Waals surface area contributed by atoms with Crippen LogP contribution in [0, 0.1) is 11.3 Å². The first-order valence-corrected chi connectivity index (χ1v) is 8.40. The van der Waals surface area contributed by atoms with Crippen LogP contribution >= 0.6 is 11.8 Å². The van der Waals surface area contributed by atoms with E-state index in [1.54, 1.807) is 26.4 Å². The highest BCUT2D eigenvalue weighted by Crippen LogP contribution is 2.34. The van der Waals surface area contributed by atoms with Gasteiger partial charge in [0.2, 0.25) is 0 Å². The quantitative estimate of drug-likeness (QED) is 0.621. The summed E-state index contributed by atoms with van der Waals surface area (Å²) in [6, 6.07) is 14.9. The van der Waals surface area contributed by atoms with Crippen molar-refractivity contribution in [3.05, 3.63) is 53.6 Å². The van der Waals surface area contributed by atoms with Crippen LogP contribution in [0.3, 0.4) is 0 Å². The molecule has 0 amide bonds. The van der Waals surface area contributed by atoms with Crippen molar-refractivity contribution in [2.45, 2.75) is 11.0 Å². The summed E-state index contributed by atoms with van der Waals surface area (Å²) >= 11 is 1.41. The first-order chi connectivity index (χ1) is 12.2. The van der Waals surface area contributed by atoms with Crippen LogP contribution in [0.1, 0.15) is 11.1 Å². The Morgan fingerprint density at radius 1 is 1.12 bits per heavy atom. The molecule has 0 aliphatic rings. The van der Waals surface area contributed by atoms with E-state index in [-0.39, 0.29) is 0 Å². The Kier molecular flexibility index (Phi) is 5.21. The third-order valence-corrected chi connectivity index (χ3v) is 4.35. The lowest BCUT2D eigenvalue weighted by Crippen LogP contribution is -1.90. The second kappa shape index (κ2) is 7.73. The Labute approximate surface area is 149 Å². The number of ether oxygens (including phenoxy) is 2. The molecule has 0 saturated heterocycles. The fourth-order valence-corrected chi connectivity index (χ4v) is 2.93. The standard InChI is InChI=1S/C18H15N3O3S/c1-22-14-6-7-15(16(9-14)23-2)17-20-21-18(24-17)25-11-13-5-3-4-12(8-13)10-19/h3-9H,11H2,1-2H3. The molecular formula is C18H15N3O3S. The lowest BCUT2D eigenvalue weighted by molar-refractivity contribution is 0.393. The molecule has 25 heavy (non-hydrogen) atoms. The van der Waals surface area contributed by atoms with Gasteiger partial charge in [0, 0.05) is 11.8 Å². The maximum Gasteiger partial charge on any atom is 0.277 e. The summed E-state index contributed by atoms with van der Waals surface area (Å²) in [6.07, 6.45) is 0. The predicted molar refractivity (Wildman–Crippen MR) is 93.6 cm³/mol. The maximum absolute atomic E-state index is 8.94. The molecule has 126 valence electrons. The van der Waals surface area contributed by atoms with E-state index in [4.69, 9.17) is 19.2 Å². The lowest BCUT2D eigenvalue weighted by Gasteiger charge is -2.07. The Hall–Kier alpha value is -2.98. The van der Waals surface area contributed by atoms with Crippen LogP contribution in [0.15, 0.2) is 52.1 Å². The van der Waals surface area contributed by atoms with Crippen molar-refractivity contribution in [1.82, 2.24) is 10.2 Å². The van der Waals surface area contributed by atoms with Gasteiger partial charge in [-0.25, -0.2) is 0 Å². The van der Waals surface area contributed by atoms with Crippen molar-refractivity contribution in [3.63, 3.8) is 0 Å². The summed E-state index contributed by atoms with van der Waals surface area (Å²) in [5, 5.41) is 17.5. The van der Waals surface area contributed by atoms with Crippen molar-refractivity contribution < 1.29 is 13.9 Å². The molecule has 0 bridgehead atoms. The monoisotopic (exact) mass is 353 g/mol. The molecule has 0 spiro atoms. The predicted octanol–water partition coefficient (Wildman–Crippen LogP) is 3.92. The average molecular weight is 353 g/mol. The number of methoxy groups -OCH3 is 2. The number of aromatic nitrogens is 2. The Bertz CT molecular complexity index is 918. The van der Waals surface area contributed by atoms with Crippen LogP contribution in [0.4, 0.5) is 0 Å². The Morgan fingerprint density at radius 3 is 2.76 bits per heavy atom. The average Bonchev–Trinajstić information content (AvgIpc) is 3.14. The smallest absolute Gasteiger partial charge is 0.277 e. The van der Waals surface area contributed by atoms with E-state index in [9.17, 15) is 0 Å². The molecule has 0 fully saturated rings. The zero-order valence-electron chi connectivity index (χ0n) is 13.7. The normalized spacial score (nSPS) is 10.3. The van der Waals surface area contributed by atoms with E-state index in [1.165, 1.54) is 11.8 Å². The van der Waals surface area contributed by atoms with E-state index in [0.717, 1.165) is 5.56 Å². The van der Waals surface area contributed by atoms with Crippen LogP contribution in [0.5, 0.6) is 11.5 Å². The largest absolute Gasteiger partial charge is 0.497 e. The van der Waals surface area contributed by atoms with Crippen molar-refractivity contribution in [3.8, 4) is 29.0 Å².